The van der Waals surface area contributed by atoms with E-state index in [1.54, 1.807) is 0 Å². The Morgan fingerprint density at radius 3 is 2.50 bits per heavy atom. The summed E-state index contributed by atoms with van der Waals surface area (Å²) in [7, 11) is 0. The third kappa shape index (κ3) is 1.27. The van der Waals surface area contributed by atoms with E-state index in [0.29, 0.717) is 6.54 Å². The fourth-order valence-electron chi connectivity index (χ4n) is 2.42. The molecule has 2 aromatic carbocycles. The van der Waals surface area contributed by atoms with E-state index in [-0.39, 0.29) is 5.41 Å². The summed E-state index contributed by atoms with van der Waals surface area (Å²) in [4.78, 5) is 0. The minimum atomic E-state index is 0.0425. The zero-order valence-electron chi connectivity index (χ0n) is 9.15. The summed E-state index contributed by atoms with van der Waals surface area (Å²) in [5, 5.41) is 2.58. The van der Waals surface area contributed by atoms with Gasteiger partial charge < -0.3 is 10.5 Å². The second-order valence-corrected chi connectivity index (χ2v) is 4.50. The van der Waals surface area contributed by atoms with E-state index in [2.05, 4.69) is 42.5 Å². The summed E-state index contributed by atoms with van der Waals surface area (Å²) in [5.41, 5.74) is 7.29. The molecule has 2 heteroatoms. The number of hydrogen-bond acceptors (Lipinski definition) is 2. The van der Waals surface area contributed by atoms with Gasteiger partial charge in [-0.05, 0) is 16.3 Å². The second kappa shape index (κ2) is 3.58. The highest BCUT2D eigenvalue weighted by Gasteiger charge is 2.39. The molecule has 2 aromatic rings. The van der Waals surface area contributed by atoms with Gasteiger partial charge in [0.25, 0.3) is 0 Å². The lowest BCUT2D eigenvalue weighted by Crippen LogP contribution is -2.52. The summed E-state index contributed by atoms with van der Waals surface area (Å²) in [5.74, 6) is 0. The lowest BCUT2D eigenvalue weighted by molar-refractivity contribution is -0.0543. The van der Waals surface area contributed by atoms with Gasteiger partial charge in [-0.3, -0.25) is 0 Å². The summed E-state index contributed by atoms with van der Waals surface area (Å²) in [6.07, 6.45) is 0. The van der Waals surface area contributed by atoms with Crippen LogP contribution in [0.5, 0.6) is 0 Å². The van der Waals surface area contributed by atoms with Gasteiger partial charge in [0.05, 0.1) is 18.6 Å². The quantitative estimate of drug-likeness (QED) is 0.828. The van der Waals surface area contributed by atoms with Crippen molar-refractivity contribution in [3.05, 3.63) is 48.0 Å². The average Bonchev–Trinajstić information content (AvgIpc) is 2.29. The fraction of sp³-hybridized carbons (Fsp3) is 0.286. The molecule has 0 amide bonds. The molecular formula is C14H15NO. The number of hydrogen-bond donors (Lipinski definition) is 1. The zero-order valence-corrected chi connectivity index (χ0v) is 9.15. The van der Waals surface area contributed by atoms with E-state index in [4.69, 9.17) is 10.5 Å². The molecule has 0 radical (unpaired) electrons. The molecule has 3 rings (SSSR count). The van der Waals surface area contributed by atoms with Crippen LogP contribution >= 0.6 is 0 Å². The normalized spacial score (nSPS) is 18.3. The Labute approximate surface area is 95.0 Å². The van der Waals surface area contributed by atoms with Crippen molar-refractivity contribution in [1.82, 2.24) is 0 Å². The van der Waals surface area contributed by atoms with Gasteiger partial charge in [-0.15, -0.1) is 0 Å². The molecule has 2 N–H and O–H groups in total. The molecule has 1 fully saturated rings. The third-order valence-electron chi connectivity index (χ3n) is 3.51. The molecule has 2 nitrogen and oxygen atoms in total. The SMILES string of the molecule is NCC1(c2cccc3ccccc23)COC1. The van der Waals surface area contributed by atoms with E-state index >= 15 is 0 Å². The van der Waals surface area contributed by atoms with Crippen molar-refractivity contribution in [2.75, 3.05) is 19.8 Å². The smallest absolute Gasteiger partial charge is 0.0598 e. The first kappa shape index (κ1) is 9.82. The van der Waals surface area contributed by atoms with Crippen molar-refractivity contribution in [2.24, 2.45) is 5.73 Å². The molecule has 0 aliphatic carbocycles. The van der Waals surface area contributed by atoms with Crippen LogP contribution in [0.2, 0.25) is 0 Å². The van der Waals surface area contributed by atoms with E-state index < -0.39 is 0 Å². The number of fused-ring (bicyclic) bond motifs is 1. The molecule has 0 aromatic heterocycles. The van der Waals surface area contributed by atoms with E-state index in [9.17, 15) is 0 Å². The van der Waals surface area contributed by atoms with Crippen LogP contribution in [0.4, 0.5) is 0 Å². The van der Waals surface area contributed by atoms with Gasteiger partial charge in [0, 0.05) is 6.54 Å². The molecule has 82 valence electrons. The second-order valence-electron chi connectivity index (χ2n) is 4.50. The van der Waals surface area contributed by atoms with Crippen LogP contribution in [0.1, 0.15) is 5.56 Å². The topological polar surface area (TPSA) is 35.2 Å². The molecule has 0 spiro atoms. The Morgan fingerprint density at radius 1 is 1.06 bits per heavy atom. The number of ether oxygens (including phenoxy) is 1. The van der Waals surface area contributed by atoms with Crippen LogP contribution in [0, 0.1) is 0 Å². The summed E-state index contributed by atoms with van der Waals surface area (Å²) >= 11 is 0. The van der Waals surface area contributed by atoms with Crippen molar-refractivity contribution >= 4 is 10.8 Å². The maximum absolute atomic E-state index is 5.91. The Hall–Kier alpha value is -1.38. The van der Waals surface area contributed by atoms with Gasteiger partial charge >= 0.3 is 0 Å². The Bertz CT molecular complexity index is 506. The highest BCUT2D eigenvalue weighted by atomic mass is 16.5. The summed E-state index contributed by atoms with van der Waals surface area (Å²) in [6, 6.07) is 14.9. The van der Waals surface area contributed by atoms with E-state index in [1.807, 2.05) is 0 Å². The van der Waals surface area contributed by atoms with E-state index in [0.717, 1.165) is 13.2 Å². The van der Waals surface area contributed by atoms with Crippen molar-refractivity contribution in [2.45, 2.75) is 5.41 Å². The van der Waals surface area contributed by atoms with Gasteiger partial charge in [0.15, 0.2) is 0 Å². The van der Waals surface area contributed by atoms with Crippen LogP contribution in [0.15, 0.2) is 42.5 Å². The summed E-state index contributed by atoms with van der Waals surface area (Å²) in [6.45, 7) is 2.15. The fourth-order valence-corrected chi connectivity index (χ4v) is 2.42. The lowest BCUT2D eigenvalue weighted by Gasteiger charge is -2.41. The Morgan fingerprint density at radius 2 is 1.81 bits per heavy atom. The predicted octanol–water partition coefficient (Wildman–Crippen LogP) is 2.07. The van der Waals surface area contributed by atoms with E-state index in [1.165, 1.54) is 16.3 Å². The van der Waals surface area contributed by atoms with Crippen molar-refractivity contribution in [3.8, 4) is 0 Å². The number of nitrogens with two attached hydrogens (primary N) is 1. The Balaban J connectivity index is 2.23. The molecule has 0 unspecified atom stereocenters. The predicted molar refractivity (Wildman–Crippen MR) is 65.5 cm³/mol. The zero-order chi connectivity index (χ0) is 11.0. The van der Waals surface area contributed by atoms with Crippen LogP contribution in [-0.4, -0.2) is 19.8 Å². The maximum atomic E-state index is 5.91. The molecule has 1 aliphatic heterocycles. The molecular weight excluding hydrogens is 198 g/mol. The molecule has 0 bridgehead atoms. The third-order valence-corrected chi connectivity index (χ3v) is 3.51. The lowest BCUT2D eigenvalue weighted by atomic mass is 9.76. The van der Waals surface area contributed by atoms with Gasteiger partial charge in [-0.25, -0.2) is 0 Å². The first-order valence-electron chi connectivity index (χ1n) is 5.62. The minimum Gasteiger partial charge on any atom is -0.379 e. The van der Waals surface area contributed by atoms with Crippen LogP contribution in [0.25, 0.3) is 10.8 Å². The highest BCUT2D eigenvalue weighted by molar-refractivity contribution is 5.86. The molecule has 16 heavy (non-hydrogen) atoms. The van der Waals surface area contributed by atoms with Crippen molar-refractivity contribution in [1.29, 1.82) is 0 Å². The van der Waals surface area contributed by atoms with Crippen LogP contribution < -0.4 is 5.73 Å². The highest BCUT2D eigenvalue weighted by Crippen LogP contribution is 2.35. The van der Waals surface area contributed by atoms with Gasteiger partial charge in [-0.2, -0.15) is 0 Å². The molecule has 0 atom stereocenters. The van der Waals surface area contributed by atoms with Crippen molar-refractivity contribution in [3.63, 3.8) is 0 Å². The first-order valence-corrected chi connectivity index (χ1v) is 5.62. The molecule has 1 heterocycles. The molecule has 1 saturated heterocycles. The Kier molecular flexibility index (Phi) is 2.20. The first-order chi connectivity index (χ1) is 7.86. The molecule has 0 saturated carbocycles. The molecule has 1 aliphatic rings. The number of benzene rings is 2. The monoisotopic (exact) mass is 213 g/mol. The van der Waals surface area contributed by atoms with Gasteiger partial charge in [0.2, 0.25) is 0 Å². The average molecular weight is 213 g/mol. The van der Waals surface area contributed by atoms with Crippen LogP contribution in [-0.2, 0) is 10.2 Å². The standard InChI is InChI=1S/C14H15NO/c15-8-14(9-16-10-14)13-7-3-5-11-4-1-2-6-12(11)13/h1-7H,8-10,15H2. The van der Waals surface area contributed by atoms with Crippen molar-refractivity contribution < 1.29 is 4.74 Å². The maximum Gasteiger partial charge on any atom is 0.0598 e. The van der Waals surface area contributed by atoms with Gasteiger partial charge in [-0.1, -0.05) is 42.5 Å². The summed E-state index contributed by atoms with van der Waals surface area (Å²) < 4.78 is 5.35. The largest absolute Gasteiger partial charge is 0.379 e. The van der Waals surface area contributed by atoms with Gasteiger partial charge in [0.1, 0.15) is 0 Å². The van der Waals surface area contributed by atoms with Crippen LogP contribution in [0.3, 0.4) is 0 Å². The minimum absolute atomic E-state index is 0.0425. The number of rotatable bonds is 2.